The lowest BCUT2D eigenvalue weighted by Gasteiger charge is -2.20. The van der Waals surface area contributed by atoms with Gasteiger partial charge in [-0.25, -0.2) is 4.79 Å². The molecule has 2 N–H and O–H groups in total. The number of rotatable bonds is 3. The molecule has 1 heterocycles. The van der Waals surface area contributed by atoms with Crippen LogP contribution in [0.1, 0.15) is 36.8 Å². The number of benzene rings is 1. The van der Waals surface area contributed by atoms with Crippen LogP contribution in [0.3, 0.4) is 0 Å². The number of carbonyl (C=O) groups excluding carboxylic acids is 2. The van der Waals surface area contributed by atoms with Crippen molar-refractivity contribution in [3.05, 3.63) is 52.8 Å². The highest BCUT2D eigenvalue weighted by atomic mass is 35.5. The number of anilines is 1. The fourth-order valence-electron chi connectivity index (χ4n) is 1.84. The molecule has 22 heavy (non-hydrogen) atoms. The summed E-state index contributed by atoms with van der Waals surface area (Å²) in [7, 11) is 0. The summed E-state index contributed by atoms with van der Waals surface area (Å²) in [5.74, 6) is -0.265. The molecule has 5 nitrogen and oxygen atoms in total. The number of H-pyrrole nitrogens is 1. The van der Waals surface area contributed by atoms with Gasteiger partial charge in [0.15, 0.2) is 0 Å². The molecule has 0 saturated carbocycles. The lowest BCUT2D eigenvalue weighted by molar-refractivity contribution is 0.0636. The number of nitrogens with one attached hydrogen (secondary N) is 2. The summed E-state index contributed by atoms with van der Waals surface area (Å²) < 4.78 is 5.20. The van der Waals surface area contributed by atoms with Gasteiger partial charge in [-0.2, -0.15) is 0 Å². The molecule has 1 amide bonds. The van der Waals surface area contributed by atoms with Gasteiger partial charge in [0, 0.05) is 16.8 Å². The maximum absolute atomic E-state index is 12.5. The number of aromatic nitrogens is 1. The van der Waals surface area contributed by atoms with E-state index in [9.17, 15) is 9.59 Å². The SMILES string of the molecule is CC(C)(C)OC(=O)Nc1ccc(Cl)cc1C(=O)c1ccc[nH]1. The van der Waals surface area contributed by atoms with Crippen molar-refractivity contribution in [1.29, 1.82) is 0 Å². The van der Waals surface area contributed by atoms with Crippen molar-refractivity contribution in [1.82, 2.24) is 4.98 Å². The lowest BCUT2D eigenvalue weighted by Crippen LogP contribution is -2.27. The third-order valence-electron chi connectivity index (χ3n) is 2.70. The van der Waals surface area contributed by atoms with Crippen LogP contribution in [0, 0.1) is 0 Å². The Bertz CT molecular complexity index is 688. The summed E-state index contributed by atoms with van der Waals surface area (Å²) in [5, 5.41) is 2.99. The zero-order chi connectivity index (χ0) is 16.3. The summed E-state index contributed by atoms with van der Waals surface area (Å²) in [4.78, 5) is 27.2. The average Bonchev–Trinajstić information content (AvgIpc) is 2.91. The normalized spacial score (nSPS) is 11.1. The Labute approximate surface area is 133 Å². The second-order valence-corrected chi connectivity index (χ2v) is 6.17. The number of hydrogen-bond donors (Lipinski definition) is 2. The van der Waals surface area contributed by atoms with E-state index < -0.39 is 11.7 Å². The molecule has 1 aromatic carbocycles. The minimum Gasteiger partial charge on any atom is -0.444 e. The molecular formula is C16H17ClN2O3. The number of hydrogen-bond acceptors (Lipinski definition) is 3. The maximum atomic E-state index is 12.5. The number of amides is 1. The Hall–Kier alpha value is -2.27. The lowest BCUT2D eigenvalue weighted by atomic mass is 10.1. The van der Waals surface area contributed by atoms with Crippen LogP contribution in [0.4, 0.5) is 10.5 Å². The van der Waals surface area contributed by atoms with E-state index >= 15 is 0 Å². The molecular weight excluding hydrogens is 304 g/mol. The first kappa shape index (κ1) is 16.1. The van der Waals surface area contributed by atoms with Crippen molar-refractivity contribution >= 4 is 29.2 Å². The van der Waals surface area contributed by atoms with Crippen molar-refractivity contribution in [3.63, 3.8) is 0 Å². The average molecular weight is 321 g/mol. The van der Waals surface area contributed by atoms with E-state index in [4.69, 9.17) is 16.3 Å². The van der Waals surface area contributed by atoms with Crippen molar-refractivity contribution in [2.24, 2.45) is 0 Å². The molecule has 0 saturated heterocycles. The molecule has 6 heteroatoms. The molecule has 0 aliphatic carbocycles. The molecule has 0 spiro atoms. The van der Waals surface area contributed by atoms with Crippen LogP contribution in [0.15, 0.2) is 36.5 Å². The van der Waals surface area contributed by atoms with Gasteiger partial charge < -0.3 is 9.72 Å². The largest absolute Gasteiger partial charge is 0.444 e. The highest BCUT2D eigenvalue weighted by Gasteiger charge is 2.20. The van der Waals surface area contributed by atoms with Gasteiger partial charge in [0.1, 0.15) is 5.60 Å². The molecule has 0 aliphatic rings. The molecule has 0 unspecified atom stereocenters. The Morgan fingerprint density at radius 2 is 1.95 bits per heavy atom. The highest BCUT2D eigenvalue weighted by Crippen LogP contribution is 2.24. The molecule has 0 aliphatic heterocycles. The van der Waals surface area contributed by atoms with Gasteiger partial charge in [0.25, 0.3) is 0 Å². The first-order valence-electron chi connectivity index (χ1n) is 6.74. The van der Waals surface area contributed by atoms with Crippen molar-refractivity contribution < 1.29 is 14.3 Å². The summed E-state index contributed by atoms with van der Waals surface area (Å²) in [6.45, 7) is 5.29. The summed E-state index contributed by atoms with van der Waals surface area (Å²) in [6.07, 6.45) is 1.02. The van der Waals surface area contributed by atoms with E-state index in [0.29, 0.717) is 22.0 Å². The number of halogens is 1. The number of carbonyl (C=O) groups is 2. The van der Waals surface area contributed by atoms with Gasteiger partial charge >= 0.3 is 6.09 Å². The van der Waals surface area contributed by atoms with E-state index in [2.05, 4.69) is 10.3 Å². The predicted molar refractivity (Wildman–Crippen MR) is 85.5 cm³/mol. The van der Waals surface area contributed by atoms with Crippen molar-refractivity contribution in [3.8, 4) is 0 Å². The Balaban J connectivity index is 2.29. The first-order valence-corrected chi connectivity index (χ1v) is 7.12. The van der Waals surface area contributed by atoms with Crippen LogP contribution in [0.2, 0.25) is 5.02 Å². The molecule has 0 atom stereocenters. The zero-order valence-electron chi connectivity index (χ0n) is 12.6. The predicted octanol–water partition coefficient (Wildman–Crippen LogP) is 4.25. The Kier molecular flexibility index (Phi) is 4.56. The van der Waals surface area contributed by atoms with Gasteiger partial charge in [-0.05, 0) is 51.1 Å². The first-order chi connectivity index (χ1) is 10.3. The van der Waals surface area contributed by atoms with Crippen molar-refractivity contribution in [2.75, 3.05) is 5.32 Å². The highest BCUT2D eigenvalue weighted by molar-refractivity contribution is 6.31. The van der Waals surface area contributed by atoms with Crippen molar-refractivity contribution in [2.45, 2.75) is 26.4 Å². The van der Waals surface area contributed by atoms with E-state index in [1.807, 2.05) is 0 Å². The smallest absolute Gasteiger partial charge is 0.412 e. The number of ether oxygens (including phenoxy) is 1. The molecule has 0 radical (unpaired) electrons. The van der Waals surface area contributed by atoms with Crippen LogP contribution in [-0.2, 0) is 4.74 Å². The second kappa shape index (κ2) is 6.23. The zero-order valence-corrected chi connectivity index (χ0v) is 13.3. The van der Waals surface area contributed by atoms with Gasteiger partial charge in [-0.1, -0.05) is 11.6 Å². The van der Waals surface area contributed by atoms with E-state index in [-0.39, 0.29) is 5.78 Å². The standard InChI is InChI=1S/C16H17ClN2O3/c1-16(2,3)22-15(21)19-12-7-6-10(17)9-11(12)14(20)13-5-4-8-18-13/h4-9,18H,1-3H3,(H,19,21). The van der Waals surface area contributed by atoms with Crippen LogP contribution in [-0.4, -0.2) is 22.5 Å². The van der Waals surface area contributed by atoms with Crippen LogP contribution >= 0.6 is 11.6 Å². The summed E-state index contributed by atoms with van der Waals surface area (Å²) in [5.41, 5.74) is 0.425. The van der Waals surface area contributed by atoms with E-state index in [1.165, 1.54) is 6.07 Å². The van der Waals surface area contributed by atoms with E-state index in [1.54, 1.807) is 51.2 Å². The topological polar surface area (TPSA) is 71.2 Å². The maximum Gasteiger partial charge on any atom is 0.412 e. The van der Waals surface area contributed by atoms with Gasteiger partial charge in [-0.3, -0.25) is 10.1 Å². The molecule has 0 bridgehead atoms. The quantitative estimate of drug-likeness (QED) is 0.831. The molecule has 116 valence electrons. The molecule has 2 aromatic rings. The Morgan fingerprint density at radius 1 is 1.23 bits per heavy atom. The third kappa shape index (κ3) is 4.11. The Morgan fingerprint density at radius 3 is 2.55 bits per heavy atom. The van der Waals surface area contributed by atoms with E-state index in [0.717, 1.165) is 0 Å². The third-order valence-corrected chi connectivity index (χ3v) is 2.94. The van der Waals surface area contributed by atoms with Crippen LogP contribution < -0.4 is 5.32 Å². The van der Waals surface area contributed by atoms with Gasteiger partial charge in [-0.15, -0.1) is 0 Å². The molecule has 2 rings (SSSR count). The summed E-state index contributed by atoms with van der Waals surface area (Å²) >= 11 is 5.96. The monoisotopic (exact) mass is 320 g/mol. The fraction of sp³-hybridized carbons (Fsp3) is 0.250. The fourth-order valence-corrected chi connectivity index (χ4v) is 2.02. The minimum absolute atomic E-state index is 0.265. The summed E-state index contributed by atoms with van der Waals surface area (Å²) in [6, 6.07) is 8.05. The van der Waals surface area contributed by atoms with Crippen LogP contribution in [0.25, 0.3) is 0 Å². The van der Waals surface area contributed by atoms with Gasteiger partial charge in [0.2, 0.25) is 5.78 Å². The molecule has 0 fully saturated rings. The number of aromatic amines is 1. The van der Waals surface area contributed by atoms with Crippen LogP contribution in [0.5, 0.6) is 0 Å². The number of ketones is 1. The van der Waals surface area contributed by atoms with Gasteiger partial charge in [0.05, 0.1) is 11.4 Å². The minimum atomic E-state index is -0.629. The second-order valence-electron chi connectivity index (χ2n) is 5.73. The molecule has 1 aromatic heterocycles.